The summed E-state index contributed by atoms with van der Waals surface area (Å²) in [6, 6.07) is 6.50. The number of rotatable bonds is 4. The topological polar surface area (TPSA) is 38.3 Å². The van der Waals surface area contributed by atoms with Gasteiger partial charge in [0.25, 0.3) is 0 Å². The summed E-state index contributed by atoms with van der Waals surface area (Å²) < 4.78 is 27.5. The largest absolute Gasteiger partial charge is 0.345 e. The van der Waals surface area contributed by atoms with Gasteiger partial charge in [-0.1, -0.05) is 12.1 Å². The number of carbonyl (C=O) groups is 1. The predicted octanol–water partition coefficient (Wildman–Crippen LogP) is 2.38. The predicted molar refractivity (Wildman–Crippen MR) is 51.5 cm³/mol. The molecule has 0 bridgehead atoms. The zero-order valence-electron chi connectivity index (χ0n) is 8.17. The number of hydrogen-bond acceptors (Lipinski definition) is 2. The lowest BCUT2D eigenvalue weighted by Gasteiger charge is -2.05. The third-order valence-electron chi connectivity index (χ3n) is 1.65. The van der Waals surface area contributed by atoms with Crippen LogP contribution in [0, 0.1) is 0 Å². The van der Waals surface area contributed by atoms with Gasteiger partial charge in [-0.15, -0.1) is 0 Å². The highest BCUT2D eigenvalue weighted by molar-refractivity contribution is 5.88. The molecule has 0 spiro atoms. The van der Waals surface area contributed by atoms with Gasteiger partial charge in [-0.3, -0.25) is 4.79 Å². The van der Waals surface area contributed by atoms with Crippen LogP contribution in [-0.2, 0) is 16.1 Å². The molecule has 1 N–H and O–H groups in total. The Morgan fingerprint density at radius 3 is 2.47 bits per heavy atom. The second kappa shape index (κ2) is 5.41. The number of carbonyl (C=O) groups excluding carboxylic acids is 1. The van der Waals surface area contributed by atoms with E-state index < -0.39 is 6.61 Å². The summed E-state index contributed by atoms with van der Waals surface area (Å²) in [5, 5.41) is 2.57. The van der Waals surface area contributed by atoms with Crippen molar-refractivity contribution in [3.05, 3.63) is 29.8 Å². The quantitative estimate of drug-likeness (QED) is 0.837. The smallest absolute Gasteiger partial charge is 0.326 e. The van der Waals surface area contributed by atoms with Crippen LogP contribution in [0.2, 0.25) is 0 Å². The summed E-state index contributed by atoms with van der Waals surface area (Å²) in [6.07, 6.45) is 0. The number of alkyl halides is 2. The summed E-state index contributed by atoms with van der Waals surface area (Å²) in [6.45, 7) is -1.51. The average Bonchev–Trinajstić information content (AvgIpc) is 2.16. The molecule has 5 heteroatoms. The molecule has 0 atom stereocenters. The molecule has 0 aliphatic heterocycles. The zero-order chi connectivity index (χ0) is 11.3. The molecule has 1 aromatic carbocycles. The zero-order valence-corrected chi connectivity index (χ0v) is 8.17. The number of amides is 1. The van der Waals surface area contributed by atoms with Gasteiger partial charge in [0.05, 0.1) is 6.61 Å². The van der Waals surface area contributed by atoms with E-state index >= 15 is 0 Å². The number of halogens is 2. The van der Waals surface area contributed by atoms with Gasteiger partial charge in [0.15, 0.2) is 0 Å². The molecule has 1 rings (SSSR count). The normalized spacial score (nSPS) is 10.4. The fourth-order valence-corrected chi connectivity index (χ4v) is 1.05. The molecule has 0 saturated heterocycles. The summed E-state index contributed by atoms with van der Waals surface area (Å²) in [5.74, 6) is -0.174. The van der Waals surface area contributed by atoms with E-state index in [1.807, 2.05) is 0 Å². The van der Waals surface area contributed by atoms with E-state index in [1.54, 1.807) is 24.3 Å². The van der Waals surface area contributed by atoms with Crippen molar-refractivity contribution in [2.45, 2.75) is 20.1 Å². The van der Waals surface area contributed by atoms with Gasteiger partial charge in [-0.05, 0) is 17.7 Å². The summed E-state index contributed by atoms with van der Waals surface area (Å²) >= 11 is 0. The van der Waals surface area contributed by atoms with E-state index in [0.29, 0.717) is 11.3 Å². The highest BCUT2D eigenvalue weighted by Crippen LogP contribution is 2.11. The third kappa shape index (κ3) is 4.51. The summed E-state index contributed by atoms with van der Waals surface area (Å²) in [5.41, 5.74) is 1.26. The van der Waals surface area contributed by atoms with E-state index in [-0.39, 0.29) is 12.5 Å². The third-order valence-corrected chi connectivity index (χ3v) is 1.65. The van der Waals surface area contributed by atoms with Crippen LogP contribution in [0.5, 0.6) is 0 Å². The van der Waals surface area contributed by atoms with Crippen LogP contribution in [0.25, 0.3) is 0 Å². The van der Waals surface area contributed by atoms with Gasteiger partial charge in [-0.25, -0.2) is 0 Å². The van der Waals surface area contributed by atoms with E-state index in [2.05, 4.69) is 10.1 Å². The molecule has 1 aromatic rings. The molecule has 0 aromatic heterocycles. The van der Waals surface area contributed by atoms with Crippen molar-refractivity contribution < 1.29 is 18.3 Å². The molecular weight excluding hydrogens is 204 g/mol. The maximum atomic E-state index is 11.7. The van der Waals surface area contributed by atoms with Crippen molar-refractivity contribution in [2.75, 3.05) is 5.32 Å². The summed E-state index contributed by atoms with van der Waals surface area (Å²) in [7, 11) is 0. The van der Waals surface area contributed by atoms with Gasteiger partial charge >= 0.3 is 6.61 Å². The van der Waals surface area contributed by atoms with Crippen molar-refractivity contribution in [1.82, 2.24) is 0 Å². The fourth-order valence-electron chi connectivity index (χ4n) is 1.05. The molecule has 1 amide bonds. The van der Waals surface area contributed by atoms with Gasteiger partial charge < -0.3 is 10.1 Å². The highest BCUT2D eigenvalue weighted by Gasteiger charge is 2.02. The van der Waals surface area contributed by atoms with Crippen molar-refractivity contribution in [3.8, 4) is 0 Å². The molecule has 3 nitrogen and oxygen atoms in total. The minimum atomic E-state index is -2.76. The van der Waals surface area contributed by atoms with Crippen molar-refractivity contribution in [2.24, 2.45) is 0 Å². The molecule has 0 aliphatic carbocycles. The van der Waals surface area contributed by atoms with Crippen LogP contribution in [0.15, 0.2) is 24.3 Å². The van der Waals surface area contributed by atoms with Crippen LogP contribution >= 0.6 is 0 Å². The van der Waals surface area contributed by atoms with Crippen LogP contribution in [0.3, 0.4) is 0 Å². The number of benzene rings is 1. The Hall–Kier alpha value is -1.49. The van der Waals surface area contributed by atoms with E-state index in [4.69, 9.17) is 0 Å². The maximum absolute atomic E-state index is 11.7. The number of hydrogen-bond donors (Lipinski definition) is 1. The Labute approximate surface area is 86.0 Å². The highest BCUT2D eigenvalue weighted by atomic mass is 19.3. The van der Waals surface area contributed by atoms with E-state index in [1.165, 1.54) is 6.92 Å². The average molecular weight is 215 g/mol. The summed E-state index contributed by atoms with van der Waals surface area (Å²) in [4.78, 5) is 10.7. The number of nitrogens with one attached hydrogen (secondary N) is 1. The van der Waals surface area contributed by atoms with Crippen LogP contribution in [-0.4, -0.2) is 12.5 Å². The van der Waals surface area contributed by atoms with Gasteiger partial charge in [0.1, 0.15) is 0 Å². The monoisotopic (exact) mass is 215 g/mol. The molecular formula is C10H11F2NO2. The molecule has 82 valence electrons. The fraction of sp³-hybridized carbons (Fsp3) is 0.300. The molecule has 0 fully saturated rings. The Morgan fingerprint density at radius 1 is 1.40 bits per heavy atom. The van der Waals surface area contributed by atoms with Crippen LogP contribution < -0.4 is 5.32 Å². The maximum Gasteiger partial charge on any atom is 0.345 e. The minimum Gasteiger partial charge on any atom is -0.326 e. The van der Waals surface area contributed by atoms with Crippen LogP contribution in [0.4, 0.5) is 14.5 Å². The first-order valence-electron chi connectivity index (χ1n) is 4.34. The Morgan fingerprint density at radius 2 is 2.00 bits per heavy atom. The Balaban J connectivity index is 2.52. The Bertz CT molecular complexity index is 325. The van der Waals surface area contributed by atoms with Crippen molar-refractivity contribution in [3.63, 3.8) is 0 Å². The standard InChI is InChI=1S/C10H11F2NO2/c1-7(14)13-9-4-2-8(3-5-9)6-15-10(11)12/h2-5,10H,6H2,1H3,(H,13,14). The lowest BCUT2D eigenvalue weighted by molar-refractivity contribution is -0.137. The van der Waals surface area contributed by atoms with Gasteiger partial charge in [0.2, 0.25) is 5.91 Å². The molecule has 0 unspecified atom stereocenters. The lowest BCUT2D eigenvalue weighted by atomic mass is 10.2. The van der Waals surface area contributed by atoms with E-state index in [9.17, 15) is 13.6 Å². The first-order valence-corrected chi connectivity index (χ1v) is 4.34. The second-order valence-electron chi connectivity index (χ2n) is 2.95. The molecule has 15 heavy (non-hydrogen) atoms. The van der Waals surface area contributed by atoms with Gasteiger partial charge in [0, 0.05) is 12.6 Å². The first-order chi connectivity index (χ1) is 7.08. The van der Waals surface area contributed by atoms with Crippen molar-refractivity contribution in [1.29, 1.82) is 0 Å². The SMILES string of the molecule is CC(=O)Nc1ccc(COC(F)F)cc1. The molecule has 0 radical (unpaired) electrons. The minimum absolute atomic E-state index is 0.141. The lowest BCUT2D eigenvalue weighted by Crippen LogP contribution is -2.05. The molecule has 0 saturated carbocycles. The van der Waals surface area contributed by atoms with Gasteiger partial charge in [-0.2, -0.15) is 8.78 Å². The van der Waals surface area contributed by atoms with Crippen LogP contribution in [0.1, 0.15) is 12.5 Å². The Kier molecular flexibility index (Phi) is 4.17. The molecule has 0 heterocycles. The first kappa shape index (κ1) is 11.6. The number of anilines is 1. The van der Waals surface area contributed by atoms with Crippen molar-refractivity contribution >= 4 is 11.6 Å². The second-order valence-corrected chi connectivity index (χ2v) is 2.95. The number of ether oxygens (including phenoxy) is 1. The molecule has 0 aliphatic rings. The van der Waals surface area contributed by atoms with E-state index in [0.717, 1.165) is 0 Å².